The molecule has 1 heteroatoms. The first-order valence-electron chi connectivity index (χ1n) is 5.04. The molecule has 70 valence electrons. The number of benzene rings is 1. The summed E-state index contributed by atoms with van der Waals surface area (Å²) in [5, 5.41) is 0. The van der Waals surface area contributed by atoms with Crippen molar-refractivity contribution < 1.29 is 4.74 Å². The van der Waals surface area contributed by atoms with E-state index in [0.29, 0.717) is 0 Å². The van der Waals surface area contributed by atoms with Crippen molar-refractivity contribution in [3.63, 3.8) is 0 Å². The molecule has 1 aliphatic carbocycles. The van der Waals surface area contributed by atoms with Crippen molar-refractivity contribution in [2.24, 2.45) is 0 Å². The van der Waals surface area contributed by atoms with Crippen molar-refractivity contribution in [3.05, 3.63) is 47.5 Å². The second-order valence-corrected chi connectivity index (χ2v) is 3.69. The molecule has 2 aliphatic rings. The molecule has 1 aromatic carbocycles. The van der Waals surface area contributed by atoms with Gasteiger partial charge in [-0.15, -0.1) is 0 Å². The Morgan fingerprint density at radius 1 is 1.21 bits per heavy atom. The van der Waals surface area contributed by atoms with E-state index in [1.165, 1.54) is 16.7 Å². The van der Waals surface area contributed by atoms with Gasteiger partial charge < -0.3 is 4.74 Å². The Morgan fingerprint density at radius 3 is 3.14 bits per heavy atom. The van der Waals surface area contributed by atoms with Crippen LogP contribution in [0.2, 0.25) is 0 Å². The molecule has 1 nitrogen and oxygen atoms in total. The van der Waals surface area contributed by atoms with Gasteiger partial charge in [0.2, 0.25) is 0 Å². The van der Waals surface area contributed by atoms with Gasteiger partial charge in [0, 0.05) is 0 Å². The van der Waals surface area contributed by atoms with Crippen LogP contribution in [0.4, 0.5) is 0 Å². The lowest BCUT2D eigenvalue weighted by Gasteiger charge is -2.26. The van der Waals surface area contributed by atoms with Gasteiger partial charge in [0.1, 0.15) is 6.10 Å². The summed E-state index contributed by atoms with van der Waals surface area (Å²) in [5.41, 5.74) is 3.98. The molecule has 0 amide bonds. The molecule has 3 rings (SSSR count). The van der Waals surface area contributed by atoms with Gasteiger partial charge in [0.05, 0.1) is 6.61 Å². The summed E-state index contributed by atoms with van der Waals surface area (Å²) >= 11 is 0. The number of rotatable bonds is 0. The fraction of sp³-hybridized carbons (Fsp3) is 0.231. The Hall–Kier alpha value is -1.34. The van der Waals surface area contributed by atoms with E-state index in [0.717, 1.165) is 13.0 Å². The van der Waals surface area contributed by atoms with Crippen molar-refractivity contribution in [3.8, 4) is 0 Å². The Kier molecular flexibility index (Phi) is 1.78. The number of ether oxygens (including phenoxy) is 1. The summed E-state index contributed by atoms with van der Waals surface area (Å²) in [6.07, 6.45) is 7.83. The molecule has 1 heterocycles. The fourth-order valence-electron chi connectivity index (χ4n) is 2.13. The first-order valence-corrected chi connectivity index (χ1v) is 5.04. The van der Waals surface area contributed by atoms with Gasteiger partial charge in [-0.3, -0.25) is 0 Å². The molecule has 1 aliphatic heterocycles. The van der Waals surface area contributed by atoms with E-state index in [2.05, 4.69) is 42.5 Å². The molecule has 0 fully saturated rings. The molecular formula is C13H12O. The van der Waals surface area contributed by atoms with Crippen LogP contribution in [0.3, 0.4) is 0 Å². The largest absolute Gasteiger partial charge is 0.369 e. The molecule has 1 aromatic rings. The molecule has 0 radical (unpaired) electrons. The highest BCUT2D eigenvalue weighted by Crippen LogP contribution is 2.32. The second kappa shape index (κ2) is 3.10. The van der Waals surface area contributed by atoms with Gasteiger partial charge in [-0.1, -0.05) is 42.5 Å². The van der Waals surface area contributed by atoms with Crippen molar-refractivity contribution >= 4 is 11.6 Å². The smallest absolute Gasteiger partial charge is 0.101 e. The van der Waals surface area contributed by atoms with Crippen LogP contribution in [0.5, 0.6) is 0 Å². The van der Waals surface area contributed by atoms with Crippen molar-refractivity contribution in [2.45, 2.75) is 12.5 Å². The normalized spacial score (nSPS) is 23.7. The van der Waals surface area contributed by atoms with E-state index < -0.39 is 0 Å². The van der Waals surface area contributed by atoms with Crippen molar-refractivity contribution in [1.29, 1.82) is 0 Å². The van der Waals surface area contributed by atoms with Crippen LogP contribution in [0.1, 0.15) is 17.5 Å². The molecule has 14 heavy (non-hydrogen) atoms. The van der Waals surface area contributed by atoms with Crippen LogP contribution < -0.4 is 0 Å². The lowest BCUT2D eigenvalue weighted by Crippen LogP contribution is -2.19. The Bertz CT molecular complexity index is 415. The minimum atomic E-state index is 0.193. The molecule has 1 atom stereocenters. The van der Waals surface area contributed by atoms with Crippen LogP contribution >= 0.6 is 0 Å². The maximum atomic E-state index is 5.68. The Morgan fingerprint density at radius 2 is 2.14 bits per heavy atom. The second-order valence-electron chi connectivity index (χ2n) is 3.69. The monoisotopic (exact) mass is 184 g/mol. The van der Waals surface area contributed by atoms with E-state index in [-0.39, 0.29) is 6.10 Å². The SMILES string of the molecule is C1=CC2OCCC=C2c2ccccc21. The van der Waals surface area contributed by atoms with Crippen molar-refractivity contribution in [1.82, 2.24) is 0 Å². The topological polar surface area (TPSA) is 9.23 Å². The van der Waals surface area contributed by atoms with Crippen LogP contribution in [0.25, 0.3) is 11.6 Å². The molecule has 0 spiro atoms. The van der Waals surface area contributed by atoms with Gasteiger partial charge in [-0.2, -0.15) is 0 Å². The van der Waals surface area contributed by atoms with Crippen LogP contribution in [0, 0.1) is 0 Å². The highest BCUT2D eigenvalue weighted by Gasteiger charge is 2.21. The minimum Gasteiger partial charge on any atom is -0.369 e. The third kappa shape index (κ3) is 1.13. The molecule has 0 N–H and O–H groups in total. The first kappa shape index (κ1) is 8.01. The zero-order chi connectivity index (χ0) is 9.38. The highest BCUT2D eigenvalue weighted by atomic mass is 16.5. The predicted octanol–water partition coefficient (Wildman–Crippen LogP) is 2.89. The standard InChI is InChI=1S/C13H12O/c1-2-5-11-10(4-1)7-8-13-12(11)6-3-9-14-13/h1-2,4-8,13H,3,9H2. The maximum Gasteiger partial charge on any atom is 0.101 e. The maximum absolute atomic E-state index is 5.68. The number of fused-ring (bicyclic) bond motifs is 3. The zero-order valence-electron chi connectivity index (χ0n) is 7.94. The average molecular weight is 184 g/mol. The van der Waals surface area contributed by atoms with E-state index in [1.54, 1.807) is 0 Å². The Balaban J connectivity index is 2.17. The van der Waals surface area contributed by atoms with Gasteiger partial charge in [0.15, 0.2) is 0 Å². The molecule has 0 aromatic heterocycles. The van der Waals surface area contributed by atoms with Gasteiger partial charge in [-0.05, 0) is 23.1 Å². The number of hydrogen-bond donors (Lipinski definition) is 0. The fourth-order valence-corrected chi connectivity index (χ4v) is 2.13. The summed E-state index contributed by atoms with van der Waals surface area (Å²) < 4.78 is 5.68. The molecule has 0 saturated carbocycles. The van der Waals surface area contributed by atoms with E-state index >= 15 is 0 Å². The number of hydrogen-bond acceptors (Lipinski definition) is 1. The van der Waals surface area contributed by atoms with Crippen LogP contribution in [-0.4, -0.2) is 12.7 Å². The average Bonchev–Trinajstić information content (AvgIpc) is 2.29. The molecule has 1 unspecified atom stereocenters. The zero-order valence-corrected chi connectivity index (χ0v) is 7.94. The summed E-state index contributed by atoms with van der Waals surface area (Å²) in [6, 6.07) is 8.49. The predicted molar refractivity (Wildman–Crippen MR) is 57.8 cm³/mol. The summed E-state index contributed by atoms with van der Waals surface area (Å²) in [6.45, 7) is 0.848. The van der Waals surface area contributed by atoms with E-state index in [4.69, 9.17) is 4.74 Å². The lowest BCUT2D eigenvalue weighted by atomic mass is 9.89. The van der Waals surface area contributed by atoms with Crippen LogP contribution in [-0.2, 0) is 4.74 Å². The summed E-state index contributed by atoms with van der Waals surface area (Å²) in [4.78, 5) is 0. The van der Waals surface area contributed by atoms with Gasteiger partial charge in [-0.25, -0.2) is 0 Å². The van der Waals surface area contributed by atoms with E-state index in [1.807, 2.05) is 0 Å². The van der Waals surface area contributed by atoms with Crippen LogP contribution in [0.15, 0.2) is 36.4 Å². The summed E-state index contributed by atoms with van der Waals surface area (Å²) in [7, 11) is 0. The third-order valence-electron chi connectivity index (χ3n) is 2.81. The molecular weight excluding hydrogens is 172 g/mol. The van der Waals surface area contributed by atoms with Gasteiger partial charge >= 0.3 is 0 Å². The first-order chi connectivity index (χ1) is 6.95. The quantitative estimate of drug-likeness (QED) is 0.602. The third-order valence-corrected chi connectivity index (χ3v) is 2.81. The lowest BCUT2D eigenvalue weighted by molar-refractivity contribution is 0.118. The molecule has 0 bridgehead atoms. The Labute approximate surface area is 83.7 Å². The molecule has 0 saturated heterocycles. The highest BCUT2D eigenvalue weighted by molar-refractivity contribution is 5.82. The van der Waals surface area contributed by atoms with E-state index in [9.17, 15) is 0 Å². The van der Waals surface area contributed by atoms with Gasteiger partial charge in [0.25, 0.3) is 0 Å². The summed E-state index contributed by atoms with van der Waals surface area (Å²) in [5.74, 6) is 0. The minimum absolute atomic E-state index is 0.193. The van der Waals surface area contributed by atoms with Crippen molar-refractivity contribution in [2.75, 3.05) is 6.61 Å².